The monoisotopic (exact) mass is 336 g/mol. The second kappa shape index (κ2) is 8.42. The molecule has 1 aromatic rings. The molecule has 0 bridgehead atoms. The van der Waals surface area contributed by atoms with Crippen molar-refractivity contribution in [1.29, 1.82) is 0 Å². The number of carbonyl (C=O) groups excluding carboxylic acids is 3. The van der Waals surface area contributed by atoms with E-state index in [-0.39, 0.29) is 36.4 Å². The topological polar surface area (TPSA) is 66.9 Å². The Labute approximate surface area is 140 Å². The fourth-order valence-electron chi connectivity index (χ4n) is 2.53. The Morgan fingerprint density at radius 3 is 2.17 bits per heavy atom. The van der Waals surface area contributed by atoms with Crippen molar-refractivity contribution >= 4 is 17.8 Å². The number of amides is 2. The van der Waals surface area contributed by atoms with Gasteiger partial charge in [0.25, 0.3) is 5.91 Å². The van der Waals surface area contributed by atoms with Gasteiger partial charge in [-0.05, 0) is 31.2 Å². The minimum Gasteiger partial charge on any atom is -0.466 e. The Bertz CT molecular complexity index is 595. The fraction of sp³-hybridized carbons (Fsp3) is 0.471. The number of carbonyl (C=O) groups is 3. The molecule has 2 rings (SSSR count). The van der Waals surface area contributed by atoms with Crippen LogP contribution in [0.4, 0.5) is 4.39 Å². The van der Waals surface area contributed by atoms with E-state index in [0.717, 1.165) is 0 Å². The summed E-state index contributed by atoms with van der Waals surface area (Å²) in [5.41, 5.74) is 0.429. The zero-order valence-corrected chi connectivity index (χ0v) is 13.7. The average molecular weight is 336 g/mol. The first-order chi connectivity index (χ1) is 11.5. The van der Waals surface area contributed by atoms with Crippen molar-refractivity contribution in [2.75, 3.05) is 32.8 Å². The van der Waals surface area contributed by atoms with Crippen LogP contribution in [0.1, 0.15) is 30.1 Å². The van der Waals surface area contributed by atoms with Gasteiger partial charge in [0.15, 0.2) is 0 Å². The van der Waals surface area contributed by atoms with Crippen LogP contribution >= 0.6 is 0 Å². The quantitative estimate of drug-likeness (QED) is 0.764. The van der Waals surface area contributed by atoms with Crippen molar-refractivity contribution in [3.05, 3.63) is 35.6 Å². The Hall–Kier alpha value is -2.44. The third-order valence-electron chi connectivity index (χ3n) is 3.86. The largest absolute Gasteiger partial charge is 0.466 e. The molecule has 0 aromatic heterocycles. The van der Waals surface area contributed by atoms with Crippen LogP contribution in [-0.4, -0.2) is 60.4 Å². The first kappa shape index (κ1) is 17.9. The van der Waals surface area contributed by atoms with Crippen molar-refractivity contribution in [1.82, 2.24) is 9.80 Å². The molecule has 1 heterocycles. The lowest BCUT2D eigenvalue weighted by atomic mass is 10.1. The Kier molecular flexibility index (Phi) is 6.28. The van der Waals surface area contributed by atoms with E-state index in [9.17, 15) is 18.8 Å². The number of benzene rings is 1. The maximum absolute atomic E-state index is 12.9. The van der Waals surface area contributed by atoms with Crippen molar-refractivity contribution in [2.45, 2.75) is 19.8 Å². The lowest BCUT2D eigenvalue weighted by molar-refractivity contribution is -0.146. The maximum Gasteiger partial charge on any atom is 0.306 e. The van der Waals surface area contributed by atoms with Gasteiger partial charge in [-0.1, -0.05) is 0 Å². The first-order valence-corrected chi connectivity index (χ1v) is 7.99. The molecule has 6 nitrogen and oxygen atoms in total. The van der Waals surface area contributed by atoms with E-state index in [2.05, 4.69) is 0 Å². The van der Waals surface area contributed by atoms with Gasteiger partial charge in [-0.15, -0.1) is 0 Å². The van der Waals surface area contributed by atoms with Gasteiger partial charge in [0.1, 0.15) is 5.82 Å². The third-order valence-corrected chi connectivity index (χ3v) is 3.86. The number of ether oxygens (including phenoxy) is 1. The van der Waals surface area contributed by atoms with Crippen molar-refractivity contribution < 1.29 is 23.5 Å². The Morgan fingerprint density at radius 1 is 1.00 bits per heavy atom. The molecular formula is C17H21FN2O4. The second-order valence-corrected chi connectivity index (χ2v) is 5.48. The molecule has 130 valence electrons. The molecule has 1 saturated heterocycles. The summed E-state index contributed by atoms with van der Waals surface area (Å²) in [6.07, 6.45) is 0.187. The molecule has 0 spiro atoms. The van der Waals surface area contributed by atoms with Gasteiger partial charge < -0.3 is 14.5 Å². The van der Waals surface area contributed by atoms with Crippen molar-refractivity contribution in [3.8, 4) is 0 Å². The van der Waals surface area contributed by atoms with Crippen LogP contribution in [-0.2, 0) is 14.3 Å². The van der Waals surface area contributed by atoms with E-state index in [1.807, 2.05) is 0 Å². The molecule has 0 N–H and O–H groups in total. The Balaban J connectivity index is 1.80. The van der Waals surface area contributed by atoms with E-state index >= 15 is 0 Å². The fourth-order valence-corrected chi connectivity index (χ4v) is 2.53. The van der Waals surface area contributed by atoms with Gasteiger partial charge in [-0.25, -0.2) is 4.39 Å². The summed E-state index contributed by atoms with van der Waals surface area (Å²) < 4.78 is 17.7. The summed E-state index contributed by atoms with van der Waals surface area (Å²) in [6, 6.07) is 5.41. The number of hydrogen-bond donors (Lipinski definition) is 0. The normalized spacial score (nSPS) is 14.4. The summed E-state index contributed by atoms with van der Waals surface area (Å²) in [5.74, 6) is -1.05. The number of nitrogens with zero attached hydrogens (tertiary/aromatic N) is 2. The SMILES string of the molecule is CCOC(=O)CCC(=O)N1CCN(C(=O)c2ccc(F)cc2)CC1. The smallest absolute Gasteiger partial charge is 0.306 e. The summed E-state index contributed by atoms with van der Waals surface area (Å²) in [5, 5.41) is 0. The second-order valence-electron chi connectivity index (χ2n) is 5.48. The molecule has 7 heteroatoms. The van der Waals surface area contributed by atoms with Crippen LogP contribution in [0.25, 0.3) is 0 Å². The molecule has 0 saturated carbocycles. The van der Waals surface area contributed by atoms with E-state index in [1.54, 1.807) is 16.7 Å². The van der Waals surface area contributed by atoms with Crippen LogP contribution in [0.3, 0.4) is 0 Å². The van der Waals surface area contributed by atoms with E-state index in [0.29, 0.717) is 38.3 Å². The van der Waals surface area contributed by atoms with Crippen LogP contribution in [0, 0.1) is 5.82 Å². The molecule has 0 unspecified atom stereocenters. The van der Waals surface area contributed by atoms with Gasteiger partial charge in [-0.2, -0.15) is 0 Å². The van der Waals surface area contributed by atoms with E-state index in [1.165, 1.54) is 24.3 Å². The lowest BCUT2D eigenvalue weighted by Gasteiger charge is -2.34. The zero-order chi connectivity index (χ0) is 17.5. The number of hydrogen-bond acceptors (Lipinski definition) is 4. The zero-order valence-electron chi connectivity index (χ0n) is 13.7. The molecule has 0 atom stereocenters. The van der Waals surface area contributed by atoms with Gasteiger partial charge in [0, 0.05) is 38.2 Å². The van der Waals surface area contributed by atoms with Crippen LogP contribution in [0.15, 0.2) is 24.3 Å². The van der Waals surface area contributed by atoms with Crippen molar-refractivity contribution in [2.24, 2.45) is 0 Å². The molecule has 1 aliphatic rings. The van der Waals surface area contributed by atoms with Gasteiger partial charge >= 0.3 is 5.97 Å². The summed E-state index contributed by atoms with van der Waals surface area (Å²) in [4.78, 5) is 38.9. The van der Waals surface area contributed by atoms with E-state index in [4.69, 9.17) is 4.74 Å². The predicted octanol–water partition coefficient (Wildman–Crippen LogP) is 1.45. The minimum absolute atomic E-state index is 0.0708. The number of piperazine rings is 1. The molecule has 2 amide bonds. The predicted molar refractivity (Wildman–Crippen MR) is 84.8 cm³/mol. The molecule has 0 aliphatic carbocycles. The maximum atomic E-state index is 12.9. The molecule has 1 aromatic carbocycles. The number of rotatable bonds is 5. The standard InChI is InChI=1S/C17H21FN2O4/c1-2-24-16(22)8-7-15(21)19-9-11-20(12-10-19)17(23)13-3-5-14(18)6-4-13/h3-6H,2,7-12H2,1H3. The lowest BCUT2D eigenvalue weighted by Crippen LogP contribution is -2.50. The highest BCUT2D eigenvalue weighted by molar-refractivity contribution is 5.94. The minimum atomic E-state index is -0.386. The molecular weight excluding hydrogens is 315 g/mol. The number of halogens is 1. The highest BCUT2D eigenvalue weighted by Gasteiger charge is 2.25. The van der Waals surface area contributed by atoms with Gasteiger partial charge in [-0.3, -0.25) is 14.4 Å². The number of esters is 1. The van der Waals surface area contributed by atoms with Crippen LogP contribution < -0.4 is 0 Å². The first-order valence-electron chi connectivity index (χ1n) is 7.99. The van der Waals surface area contributed by atoms with Gasteiger partial charge in [0.05, 0.1) is 13.0 Å². The van der Waals surface area contributed by atoms with Crippen LogP contribution in [0.2, 0.25) is 0 Å². The average Bonchev–Trinajstić information content (AvgIpc) is 2.60. The summed E-state index contributed by atoms with van der Waals surface area (Å²) in [6.45, 7) is 3.71. The van der Waals surface area contributed by atoms with Crippen LogP contribution in [0.5, 0.6) is 0 Å². The molecule has 24 heavy (non-hydrogen) atoms. The molecule has 1 aliphatic heterocycles. The van der Waals surface area contributed by atoms with E-state index < -0.39 is 0 Å². The summed E-state index contributed by atoms with van der Waals surface area (Å²) in [7, 11) is 0. The summed E-state index contributed by atoms with van der Waals surface area (Å²) >= 11 is 0. The highest BCUT2D eigenvalue weighted by atomic mass is 19.1. The highest BCUT2D eigenvalue weighted by Crippen LogP contribution is 2.11. The van der Waals surface area contributed by atoms with Crippen molar-refractivity contribution in [3.63, 3.8) is 0 Å². The van der Waals surface area contributed by atoms with Gasteiger partial charge in [0.2, 0.25) is 5.91 Å². The Morgan fingerprint density at radius 2 is 1.58 bits per heavy atom. The third kappa shape index (κ3) is 4.78. The molecule has 1 fully saturated rings. The molecule has 0 radical (unpaired) electrons.